The lowest BCUT2D eigenvalue weighted by molar-refractivity contribution is 0.872. The van der Waals surface area contributed by atoms with Gasteiger partial charge in [0.1, 0.15) is 0 Å². The van der Waals surface area contributed by atoms with Gasteiger partial charge in [-0.05, 0) is 24.0 Å². The lowest BCUT2D eigenvalue weighted by atomic mass is 10.2. The molecule has 4 nitrogen and oxygen atoms in total. The van der Waals surface area contributed by atoms with Crippen molar-refractivity contribution >= 4 is 29.7 Å². The zero-order valence-electron chi connectivity index (χ0n) is 10.4. The highest BCUT2D eigenvalue weighted by atomic mass is 32.2. The van der Waals surface area contributed by atoms with Crippen molar-refractivity contribution in [3.8, 4) is 0 Å². The van der Waals surface area contributed by atoms with Crippen LogP contribution in [0.3, 0.4) is 0 Å². The third kappa shape index (κ3) is 2.51. The number of aromatic nitrogens is 4. The number of rotatable bonds is 3. The summed E-state index contributed by atoms with van der Waals surface area (Å²) in [6.07, 6.45) is 7.77. The van der Waals surface area contributed by atoms with Crippen LogP contribution in [-0.2, 0) is 0 Å². The highest BCUT2D eigenvalue weighted by Crippen LogP contribution is 2.13. The number of benzene rings is 1. The Kier molecular flexibility index (Phi) is 3.29. The fourth-order valence-corrected chi connectivity index (χ4v) is 2.09. The third-order valence-electron chi connectivity index (χ3n) is 2.68. The molecule has 3 aromatic rings. The normalized spacial score (nSPS) is 11.4. The van der Waals surface area contributed by atoms with Crippen LogP contribution in [-0.4, -0.2) is 25.8 Å². The minimum atomic E-state index is 0.625. The Hall–Kier alpha value is -2.14. The van der Waals surface area contributed by atoms with Crippen molar-refractivity contribution in [2.75, 3.05) is 6.26 Å². The molecule has 2 aromatic heterocycles. The van der Waals surface area contributed by atoms with Crippen molar-refractivity contribution in [3.63, 3.8) is 0 Å². The highest BCUT2D eigenvalue weighted by Gasteiger charge is 2.05. The first-order valence-corrected chi connectivity index (χ1v) is 7.08. The van der Waals surface area contributed by atoms with Gasteiger partial charge in [0.25, 0.3) is 5.78 Å². The van der Waals surface area contributed by atoms with E-state index in [0.717, 1.165) is 16.4 Å². The monoisotopic (exact) mass is 268 g/mol. The number of nitrogens with zero attached hydrogens (tertiary/aromatic N) is 4. The maximum Gasteiger partial charge on any atom is 0.253 e. The average Bonchev–Trinajstić information content (AvgIpc) is 2.90. The second-order valence-electron chi connectivity index (χ2n) is 3.92. The van der Waals surface area contributed by atoms with E-state index in [1.807, 2.05) is 36.6 Å². The second-order valence-corrected chi connectivity index (χ2v) is 4.70. The van der Waals surface area contributed by atoms with Crippen molar-refractivity contribution in [3.05, 3.63) is 53.9 Å². The molecule has 0 radical (unpaired) electrons. The molecule has 0 N–H and O–H groups in total. The topological polar surface area (TPSA) is 43.1 Å². The molecule has 0 aliphatic carbocycles. The summed E-state index contributed by atoms with van der Waals surface area (Å²) < 4.78 is 1.76. The van der Waals surface area contributed by atoms with Crippen LogP contribution in [0.15, 0.2) is 47.8 Å². The van der Waals surface area contributed by atoms with Gasteiger partial charge in [-0.15, -0.1) is 5.10 Å². The van der Waals surface area contributed by atoms with Crippen LogP contribution in [0.4, 0.5) is 0 Å². The maximum atomic E-state index is 4.40. The van der Waals surface area contributed by atoms with Gasteiger partial charge in [0.15, 0.2) is 0 Å². The first-order valence-electron chi connectivity index (χ1n) is 5.86. The minimum Gasteiger partial charge on any atom is -0.220 e. The third-order valence-corrected chi connectivity index (χ3v) is 3.22. The smallest absolute Gasteiger partial charge is 0.220 e. The summed E-state index contributed by atoms with van der Waals surface area (Å²) in [4.78, 5) is 8.52. The molecule has 0 atom stereocenters. The molecule has 19 heavy (non-hydrogen) atoms. The predicted molar refractivity (Wildman–Crippen MR) is 77.9 cm³/mol. The van der Waals surface area contributed by atoms with Crippen molar-refractivity contribution in [1.82, 2.24) is 19.6 Å². The zero-order chi connectivity index (χ0) is 13.1. The van der Waals surface area contributed by atoms with Crippen molar-refractivity contribution in [1.29, 1.82) is 0 Å². The minimum absolute atomic E-state index is 0.625. The van der Waals surface area contributed by atoms with E-state index in [9.17, 15) is 0 Å². The van der Waals surface area contributed by atoms with Crippen LogP contribution in [0.2, 0.25) is 0 Å². The van der Waals surface area contributed by atoms with Crippen molar-refractivity contribution in [2.24, 2.45) is 0 Å². The Morgan fingerprint density at radius 2 is 1.95 bits per heavy atom. The standard InChI is InChI=1S/C14H12N4S/c1-19-14-16-13-15-10-9-12(18(13)17-14)8-7-11-5-3-2-4-6-11/h2-10H,1H3. The van der Waals surface area contributed by atoms with Crippen LogP contribution < -0.4 is 0 Å². The molecular weight excluding hydrogens is 256 g/mol. The van der Waals surface area contributed by atoms with Gasteiger partial charge in [-0.1, -0.05) is 48.2 Å². The van der Waals surface area contributed by atoms with E-state index in [-0.39, 0.29) is 0 Å². The molecule has 1 aromatic carbocycles. The molecule has 5 heteroatoms. The van der Waals surface area contributed by atoms with Gasteiger partial charge in [0.05, 0.1) is 5.69 Å². The van der Waals surface area contributed by atoms with Gasteiger partial charge in [0.2, 0.25) is 5.16 Å². The van der Waals surface area contributed by atoms with Gasteiger partial charge in [-0.25, -0.2) is 4.98 Å². The predicted octanol–water partition coefficient (Wildman–Crippen LogP) is 3.02. The fourth-order valence-electron chi connectivity index (χ4n) is 1.75. The first-order chi connectivity index (χ1) is 9.36. The summed E-state index contributed by atoms with van der Waals surface area (Å²) in [6.45, 7) is 0. The molecule has 94 valence electrons. The first kappa shape index (κ1) is 11.9. The summed E-state index contributed by atoms with van der Waals surface area (Å²) in [5.74, 6) is 0.625. The van der Waals surface area contributed by atoms with E-state index < -0.39 is 0 Å². The summed E-state index contributed by atoms with van der Waals surface area (Å²) in [5, 5.41) is 5.13. The maximum absolute atomic E-state index is 4.40. The van der Waals surface area contributed by atoms with Gasteiger partial charge in [-0.3, -0.25) is 0 Å². The molecular formula is C14H12N4S. The summed E-state index contributed by atoms with van der Waals surface area (Å²) >= 11 is 1.51. The van der Waals surface area contributed by atoms with E-state index in [4.69, 9.17) is 0 Å². The molecule has 0 aliphatic rings. The van der Waals surface area contributed by atoms with E-state index in [2.05, 4.69) is 33.3 Å². The summed E-state index contributed by atoms with van der Waals surface area (Å²) in [6, 6.07) is 12.1. The van der Waals surface area contributed by atoms with Crippen LogP contribution in [0.1, 0.15) is 11.3 Å². The van der Waals surface area contributed by atoms with Gasteiger partial charge in [-0.2, -0.15) is 9.50 Å². The molecule has 0 saturated carbocycles. The summed E-state index contributed by atoms with van der Waals surface area (Å²) in [7, 11) is 0. The van der Waals surface area contributed by atoms with E-state index in [1.165, 1.54) is 11.8 Å². The number of hydrogen-bond donors (Lipinski definition) is 0. The average molecular weight is 268 g/mol. The largest absolute Gasteiger partial charge is 0.253 e. The Morgan fingerprint density at radius 3 is 2.74 bits per heavy atom. The van der Waals surface area contributed by atoms with E-state index in [1.54, 1.807) is 10.7 Å². The molecule has 0 unspecified atom stereocenters. The SMILES string of the molecule is CSc1nc2nccc(C=Cc3ccccc3)n2n1. The lowest BCUT2D eigenvalue weighted by Crippen LogP contribution is -1.94. The number of hydrogen-bond acceptors (Lipinski definition) is 4. The lowest BCUT2D eigenvalue weighted by Gasteiger charge is -1.97. The molecule has 0 aliphatic heterocycles. The molecule has 0 bridgehead atoms. The van der Waals surface area contributed by atoms with Crippen LogP contribution in [0.25, 0.3) is 17.9 Å². The van der Waals surface area contributed by atoms with Crippen LogP contribution in [0, 0.1) is 0 Å². The molecule has 0 saturated heterocycles. The van der Waals surface area contributed by atoms with E-state index in [0.29, 0.717) is 5.78 Å². The fraction of sp³-hybridized carbons (Fsp3) is 0.0714. The van der Waals surface area contributed by atoms with Crippen LogP contribution >= 0.6 is 11.8 Å². The highest BCUT2D eigenvalue weighted by molar-refractivity contribution is 7.98. The Bertz CT molecular complexity index is 719. The zero-order valence-corrected chi connectivity index (χ0v) is 11.2. The van der Waals surface area contributed by atoms with Gasteiger partial charge >= 0.3 is 0 Å². The quantitative estimate of drug-likeness (QED) is 0.685. The Labute approximate surface area is 115 Å². The molecule has 0 fully saturated rings. The number of thioether (sulfide) groups is 1. The van der Waals surface area contributed by atoms with Crippen LogP contribution in [0.5, 0.6) is 0 Å². The van der Waals surface area contributed by atoms with Gasteiger partial charge < -0.3 is 0 Å². The Balaban J connectivity index is 2.01. The van der Waals surface area contributed by atoms with Crippen molar-refractivity contribution < 1.29 is 0 Å². The molecule has 2 heterocycles. The van der Waals surface area contributed by atoms with Crippen molar-refractivity contribution in [2.45, 2.75) is 5.16 Å². The molecule has 3 rings (SSSR count). The van der Waals surface area contributed by atoms with Gasteiger partial charge in [0, 0.05) is 6.20 Å². The Morgan fingerprint density at radius 1 is 1.11 bits per heavy atom. The number of fused-ring (bicyclic) bond motifs is 1. The molecule has 0 spiro atoms. The second kappa shape index (κ2) is 5.24. The van der Waals surface area contributed by atoms with E-state index >= 15 is 0 Å². The molecule has 0 amide bonds. The summed E-state index contributed by atoms with van der Waals surface area (Å²) in [5.41, 5.74) is 2.11.